The van der Waals surface area contributed by atoms with E-state index in [4.69, 9.17) is 4.74 Å². The maximum absolute atomic E-state index is 13.6. The Hall–Kier alpha value is -3.67. The van der Waals surface area contributed by atoms with Gasteiger partial charge in [-0.3, -0.25) is 9.59 Å². The van der Waals surface area contributed by atoms with Gasteiger partial charge in [0.1, 0.15) is 11.6 Å². The molecule has 0 heterocycles. The number of anilines is 1. The Morgan fingerprint density at radius 2 is 1.57 bits per heavy atom. The molecule has 0 aliphatic heterocycles. The van der Waals surface area contributed by atoms with E-state index in [1.165, 1.54) is 23.8 Å². The number of ether oxygens (including phenoxy) is 1. The topological polar surface area (TPSA) is 67.4 Å². The van der Waals surface area contributed by atoms with E-state index < -0.39 is 11.7 Å². The molecule has 5 nitrogen and oxygen atoms in total. The van der Waals surface area contributed by atoms with Gasteiger partial charge in [-0.15, -0.1) is 0 Å². The summed E-state index contributed by atoms with van der Waals surface area (Å²) >= 11 is 0. The van der Waals surface area contributed by atoms with Gasteiger partial charge < -0.3 is 15.4 Å². The smallest absolute Gasteiger partial charge is 0.262 e. The maximum Gasteiger partial charge on any atom is 0.262 e. The summed E-state index contributed by atoms with van der Waals surface area (Å²) in [5, 5.41) is 5.32. The molecule has 0 unspecified atom stereocenters. The van der Waals surface area contributed by atoms with E-state index in [-0.39, 0.29) is 18.2 Å². The molecule has 6 heteroatoms. The van der Waals surface area contributed by atoms with Gasteiger partial charge in [-0.1, -0.05) is 54.6 Å². The van der Waals surface area contributed by atoms with Crippen LogP contribution in [-0.4, -0.2) is 25.0 Å². The molecule has 30 heavy (non-hydrogen) atoms. The first-order chi connectivity index (χ1) is 14.6. The number of aryl methyl sites for hydroxylation is 1. The van der Waals surface area contributed by atoms with Crippen LogP contribution in [0.15, 0.2) is 78.9 Å². The standard InChI is InChI=1S/C24H23FN2O3/c25-20-13-5-6-14-21(20)27-23(28)17-30-22-15-7-4-12-19(22)24(29)26-16-8-11-18-9-2-1-3-10-18/h1-7,9-10,12-15H,8,11,16-17H2,(H,26,29)(H,27,28). The Morgan fingerprint density at radius 3 is 2.37 bits per heavy atom. The Kier molecular flexibility index (Phi) is 7.55. The van der Waals surface area contributed by atoms with E-state index >= 15 is 0 Å². The third-order valence-electron chi connectivity index (χ3n) is 4.41. The van der Waals surface area contributed by atoms with Crippen molar-refractivity contribution in [2.75, 3.05) is 18.5 Å². The van der Waals surface area contributed by atoms with Gasteiger partial charge >= 0.3 is 0 Å². The Balaban J connectivity index is 1.50. The summed E-state index contributed by atoms with van der Waals surface area (Å²) in [7, 11) is 0. The van der Waals surface area contributed by atoms with E-state index in [1.54, 1.807) is 30.3 Å². The second kappa shape index (κ2) is 10.8. The molecule has 2 N–H and O–H groups in total. The summed E-state index contributed by atoms with van der Waals surface area (Å²) in [6, 6.07) is 22.6. The van der Waals surface area contributed by atoms with Crippen molar-refractivity contribution < 1.29 is 18.7 Å². The van der Waals surface area contributed by atoms with Crippen LogP contribution in [-0.2, 0) is 11.2 Å². The van der Waals surface area contributed by atoms with Crippen LogP contribution < -0.4 is 15.4 Å². The van der Waals surface area contributed by atoms with Crippen LogP contribution in [0.2, 0.25) is 0 Å². The number of hydrogen-bond donors (Lipinski definition) is 2. The van der Waals surface area contributed by atoms with Crippen molar-refractivity contribution in [1.29, 1.82) is 0 Å². The van der Waals surface area contributed by atoms with Crippen molar-refractivity contribution >= 4 is 17.5 Å². The van der Waals surface area contributed by atoms with Gasteiger partial charge in [-0.25, -0.2) is 4.39 Å². The molecule has 0 aromatic heterocycles. The van der Waals surface area contributed by atoms with E-state index in [9.17, 15) is 14.0 Å². The lowest BCUT2D eigenvalue weighted by Crippen LogP contribution is -2.26. The highest BCUT2D eigenvalue weighted by Gasteiger charge is 2.13. The molecule has 3 aromatic rings. The molecule has 0 spiro atoms. The zero-order valence-corrected chi connectivity index (χ0v) is 16.4. The monoisotopic (exact) mass is 406 g/mol. The molecule has 0 saturated carbocycles. The van der Waals surface area contributed by atoms with Crippen molar-refractivity contribution in [2.24, 2.45) is 0 Å². The quantitative estimate of drug-likeness (QED) is 0.523. The minimum atomic E-state index is -0.527. The van der Waals surface area contributed by atoms with Gasteiger partial charge in [0.2, 0.25) is 0 Å². The molecule has 0 atom stereocenters. The summed E-state index contributed by atoms with van der Waals surface area (Å²) in [4.78, 5) is 24.6. The molecule has 154 valence electrons. The predicted molar refractivity (Wildman–Crippen MR) is 114 cm³/mol. The van der Waals surface area contributed by atoms with E-state index in [0.29, 0.717) is 17.9 Å². The number of carbonyl (C=O) groups is 2. The van der Waals surface area contributed by atoms with Crippen molar-refractivity contribution in [2.45, 2.75) is 12.8 Å². The Morgan fingerprint density at radius 1 is 0.867 bits per heavy atom. The molecule has 0 radical (unpaired) electrons. The summed E-state index contributed by atoms with van der Waals surface area (Å²) in [6.45, 7) is 0.183. The minimum Gasteiger partial charge on any atom is -0.483 e. The number of hydrogen-bond acceptors (Lipinski definition) is 3. The first kappa shape index (κ1) is 21.0. The Labute approximate surface area is 174 Å². The SMILES string of the molecule is O=C(COc1ccccc1C(=O)NCCCc1ccccc1)Nc1ccccc1F. The highest BCUT2D eigenvalue weighted by Crippen LogP contribution is 2.18. The molecular formula is C24H23FN2O3. The normalized spacial score (nSPS) is 10.3. The second-order valence-corrected chi connectivity index (χ2v) is 6.66. The molecule has 0 aliphatic rings. The van der Waals surface area contributed by atoms with Crippen LogP contribution in [0.3, 0.4) is 0 Å². The lowest BCUT2D eigenvalue weighted by Gasteiger charge is -2.12. The zero-order valence-electron chi connectivity index (χ0n) is 16.4. The summed E-state index contributed by atoms with van der Waals surface area (Å²) in [5.74, 6) is -1.02. The lowest BCUT2D eigenvalue weighted by molar-refractivity contribution is -0.118. The number of nitrogens with one attached hydrogen (secondary N) is 2. The first-order valence-corrected chi connectivity index (χ1v) is 9.72. The first-order valence-electron chi connectivity index (χ1n) is 9.72. The molecule has 0 fully saturated rings. The number of halogens is 1. The average molecular weight is 406 g/mol. The van der Waals surface area contributed by atoms with Crippen LogP contribution in [0.1, 0.15) is 22.3 Å². The van der Waals surface area contributed by atoms with Crippen LogP contribution in [0, 0.1) is 5.82 Å². The fraction of sp³-hybridized carbons (Fsp3) is 0.167. The zero-order chi connectivity index (χ0) is 21.2. The molecule has 0 aliphatic carbocycles. The number of rotatable bonds is 9. The number of amides is 2. The van der Waals surface area contributed by atoms with Gasteiger partial charge in [0, 0.05) is 6.54 Å². The highest BCUT2D eigenvalue weighted by molar-refractivity contribution is 5.97. The van der Waals surface area contributed by atoms with Gasteiger partial charge in [0.25, 0.3) is 11.8 Å². The van der Waals surface area contributed by atoms with E-state index in [1.807, 2.05) is 18.2 Å². The summed E-state index contributed by atoms with van der Waals surface area (Å²) < 4.78 is 19.1. The van der Waals surface area contributed by atoms with Crippen LogP contribution in [0.5, 0.6) is 5.75 Å². The van der Waals surface area contributed by atoms with Crippen molar-refractivity contribution in [3.63, 3.8) is 0 Å². The molecular weight excluding hydrogens is 383 g/mol. The third-order valence-corrected chi connectivity index (χ3v) is 4.41. The summed E-state index contributed by atoms with van der Waals surface area (Å²) in [5.41, 5.74) is 1.64. The fourth-order valence-corrected chi connectivity index (χ4v) is 2.91. The molecule has 3 aromatic carbocycles. The van der Waals surface area contributed by atoms with Gasteiger partial charge in [-0.2, -0.15) is 0 Å². The minimum absolute atomic E-state index is 0.0792. The maximum atomic E-state index is 13.6. The third kappa shape index (κ3) is 6.17. The largest absolute Gasteiger partial charge is 0.483 e. The number of carbonyl (C=O) groups excluding carboxylic acids is 2. The van der Waals surface area contributed by atoms with Gasteiger partial charge in [0.05, 0.1) is 11.3 Å². The lowest BCUT2D eigenvalue weighted by atomic mass is 10.1. The van der Waals surface area contributed by atoms with Crippen molar-refractivity contribution in [3.8, 4) is 5.75 Å². The van der Waals surface area contributed by atoms with Gasteiger partial charge in [0.15, 0.2) is 6.61 Å². The summed E-state index contributed by atoms with van der Waals surface area (Å²) in [6.07, 6.45) is 1.68. The van der Waals surface area contributed by atoms with Crippen LogP contribution in [0.4, 0.5) is 10.1 Å². The van der Waals surface area contributed by atoms with Crippen LogP contribution >= 0.6 is 0 Å². The predicted octanol–water partition coefficient (Wildman–Crippen LogP) is 4.21. The van der Waals surface area contributed by atoms with Crippen molar-refractivity contribution in [1.82, 2.24) is 5.32 Å². The fourth-order valence-electron chi connectivity index (χ4n) is 2.91. The molecule has 3 rings (SSSR count). The number of benzene rings is 3. The molecule has 2 amide bonds. The molecule has 0 bridgehead atoms. The van der Waals surface area contributed by atoms with Crippen molar-refractivity contribution in [3.05, 3.63) is 95.8 Å². The number of para-hydroxylation sites is 2. The van der Waals surface area contributed by atoms with Crippen LogP contribution in [0.25, 0.3) is 0 Å². The van der Waals surface area contributed by atoms with E-state index in [2.05, 4.69) is 22.8 Å². The average Bonchev–Trinajstić information content (AvgIpc) is 2.77. The Bertz CT molecular complexity index is 993. The van der Waals surface area contributed by atoms with E-state index in [0.717, 1.165) is 12.8 Å². The molecule has 0 saturated heterocycles. The highest BCUT2D eigenvalue weighted by atomic mass is 19.1. The second-order valence-electron chi connectivity index (χ2n) is 6.66. The van der Waals surface area contributed by atoms with Gasteiger partial charge in [-0.05, 0) is 42.7 Å².